The highest BCUT2D eigenvalue weighted by Crippen LogP contribution is 2.25. The Morgan fingerprint density at radius 3 is 2.88 bits per heavy atom. The highest BCUT2D eigenvalue weighted by molar-refractivity contribution is 5.41. The SMILES string of the molecule is C/C=C/CCNCc1ccc(OC)c(O)c1. The van der Waals surface area contributed by atoms with Crippen molar-refractivity contribution in [2.75, 3.05) is 13.7 Å². The Morgan fingerprint density at radius 1 is 1.44 bits per heavy atom. The van der Waals surface area contributed by atoms with Crippen molar-refractivity contribution >= 4 is 0 Å². The molecule has 3 heteroatoms. The molecule has 0 amide bonds. The van der Waals surface area contributed by atoms with Crippen molar-refractivity contribution in [1.29, 1.82) is 0 Å². The van der Waals surface area contributed by atoms with Gasteiger partial charge >= 0.3 is 0 Å². The van der Waals surface area contributed by atoms with Crippen molar-refractivity contribution in [3.8, 4) is 11.5 Å². The molecular weight excluding hydrogens is 202 g/mol. The van der Waals surface area contributed by atoms with Crippen molar-refractivity contribution in [3.63, 3.8) is 0 Å². The van der Waals surface area contributed by atoms with Gasteiger partial charge in [-0.25, -0.2) is 0 Å². The van der Waals surface area contributed by atoms with Crippen LogP contribution in [0, 0.1) is 0 Å². The number of allylic oxidation sites excluding steroid dienone is 1. The molecule has 0 radical (unpaired) electrons. The zero-order valence-electron chi connectivity index (χ0n) is 9.86. The molecule has 0 aliphatic carbocycles. The summed E-state index contributed by atoms with van der Waals surface area (Å²) < 4.78 is 4.98. The van der Waals surface area contributed by atoms with Crippen molar-refractivity contribution in [2.45, 2.75) is 19.9 Å². The average molecular weight is 221 g/mol. The van der Waals surface area contributed by atoms with Crippen molar-refractivity contribution in [3.05, 3.63) is 35.9 Å². The van der Waals surface area contributed by atoms with Gasteiger partial charge in [0.25, 0.3) is 0 Å². The molecule has 0 spiro atoms. The van der Waals surface area contributed by atoms with Crippen LogP contribution in [-0.4, -0.2) is 18.8 Å². The molecule has 1 aromatic rings. The fraction of sp³-hybridized carbons (Fsp3) is 0.385. The Hall–Kier alpha value is -1.48. The van der Waals surface area contributed by atoms with Gasteiger partial charge in [0.15, 0.2) is 11.5 Å². The first-order valence-corrected chi connectivity index (χ1v) is 5.45. The molecule has 88 valence electrons. The molecular formula is C13H19NO2. The number of phenols is 1. The molecule has 0 atom stereocenters. The van der Waals surface area contributed by atoms with Gasteiger partial charge in [0, 0.05) is 6.54 Å². The molecule has 0 aromatic heterocycles. The van der Waals surface area contributed by atoms with Gasteiger partial charge in [-0.15, -0.1) is 0 Å². The first-order chi connectivity index (χ1) is 7.77. The lowest BCUT2D eigenvalue weighted by atomic mass is 10.2. The Morgan fingerprint density at radius 2 is 2.25 bits per heavy atom. The summed E-state index contributed by atoms with van der Waals surface area (Å²) >= 11 is 0. The topological polar surface area (TPSA) is 41.5 Å². The van der Waals surface area contributed by atoms with Gasteiger partial charge in [0.1, 0.15) is 0 Å². The van der Waals surface area contributed by atoms with E-state index in [2.05, 4.69) is 11.4 Å². The van der Waals surface area contributed by atoms with E-state index in [9.17, 15) is 5.11 Å². The summed E-state index contributed by atoms with van der Waals surface area (Å²) in [5, 5.41) is 12.9. The fourth-order valence-electron chi connectivity index (χ4n) is 1.43. The highest BCUT2D eigenvalue weighted by Gasteiger charge is 2.01. The number of ether oxygens (including phenoxy) is 1. The van der Waals surface area contributed by atoms with E-state index in [4.69, 9.17) is 4.74 Å². The molecule has 0 saturated carbocycles. The summed E-state index contributed by atoms with van der Waals surface area (Å²) in [5.74, 6) is 0.702. The molecule has 1 rings (SSSR count). The lowest BCUT2D eigenvalue weighted by Gasteiger charge is -2.07. The summed E-state index contributed by atoms with van der Waals surface area (Å²) in [4.78, 5) is 0. The fourth-order valence-corrected chi connectivity index (χ4v) is 1.43. The van der Waals surface area contributed by atoms with Crippen molar-refractivity contribution < 1.29 is 9.84 Å². The van der Waals surface area contributed by atoms with E-state index < -0.39 is 0 Å². The summed E-state index contributed by atoms with van der Waals surface area (Å²) in [6, 6.07) is 5.45. The van der Waals surface area contributed by atoms with Crippen LogP contribution in [0.1, 0.15) is 18.9 Å². The third-order valence-corrected chi connectivity index (χ3v) is 2.30. The predicted octanol–water partition coefficient (Wildman–Crippen LogP) is 2.46. The van der Waals surface area contributed by atoms with Crippen LogP contribution in [0.5, 0.6) is 11.5 Å². The number of benzene rings is 1. The highest BCUT2D eigenvalue weighted by atomic mass is 16.5. The van der Waals surface area contributed by atoms with E-state index >= 15 is 0 Å². The number of hydrogen-bond acceptors (Lipinski definition) is 3. The minimum Gasteiger partial charge on any atom is -0.504 e. The van der Waals surface area contributed by atoms with Crippen molar-refractivity contribution in [2.24, 2.45) is 0 Å². The van der Waals surface area contributed by atoms with Crippen molar-refractivity contribution in [1.82, 2.24) is 5.32 Å². The quantitative estimate of drug-likeness (QED) is 0.572. The number of nitrogens with one attached hydrogen (secondary N) is 1. The number of phenolic OH excluding ortho intramolecular Hbond substituents is 1. The Kier molecular flexibility index (Phi) is 5.43. The zero-order chi connectivity index (χ0) is 11.8. The van der Waals surface area contributed by atoms with Gasteiger partial charge in [0.2, 0.25) is 0 Å². The summed E-state index contributed by atoms with van der Waals surface area (Å²) in [6.07, 6.45) is 5.19. The van der Waals surface area contributed by atoms with Crippen LogP contribution in [-0.2, 0) is 6.54 Å². The van der Waals surface area contributed by atoms with E-state index in [0.29, 0.717) is 5.75 Å². The zero-order valence-corrected chi connectivity index (χ0v) is 9.86. The average Bonchev–Trinajstić information content (AvgIpc) is 2.29. The van der Waals surface area contributed by atoms with Crippen LogP contribution in [0.15, 0.2) is 30.4 Å². The van der Waals surface area contributed by atoms with Gasteiger partial charge in [-0.2, -0.15) is 0 Å². The van der Waals surface area contributed by atoms with Gasteiger partial charge in [-0.1, -0.05) is 18.2 Å². The Labute approximate surface area is 96.8 Å². The molecule has 1 aromatic carbocycles. The van der Waals surface area contributed by atoms with Crippen LogP contribution < -0.4 is 10.1 Å². The monoisotopic (exact) mass is 221 g/mol. The molecule has 0 saturated heterocycles. The summed E-state index contributed by atoms with van der Waals surface area (Å²) in [5.41, 5.74) is 1.05. The summed E-state index contributed by atoms with van der Waals surface area (Å²) in [7, 11) is 1.55. The van der Waals surface area contributed by atoms with E-state index in [1.54, 1.807) is 19.2 Å². The first-order valence-electron chi connectivity index (χ1n) is 5.45. The third-order valence-electron chi connectivity index (χ3n) is 2.30. The second-order valence-corrected chi connectivity index (χ2v) is 3.54. The molecule has 0 heterocycles. The van der Waals surface area contributed by atoms with E-state index in [-0.39, 0.29) is 5.75 Å². The molecule has 0 bridgehead atoms. The van der Waals surface area contributed by atoms with Crippen LogP contribution in [0.3, 0.4) is 0 Å². The molecule has 0 aliphatic heterocycles. The largest absolute Gasteiger partial charge is 0.504 e. The van der Waals surface area contributed by atoms with E-state index in [1.165, 1.54) is 0 Å². The minimum atomic E-state index is 0.190. The molecule has 0 fully saturated rings. The molecule has 0 aliphatic rings. The first kappa shape index (κ1) is 12.6. The standard InChI is InChI=1S/C13H19NO2/c1-3-4-5-8-14-10-11-6-7-13(16-2)12(15)9-11/h3-4,6-7,9,14-15H,5,8,10H2,1-2H3/b4-3+. The Balaban J connectivity index is 2.40. The minimum absolute atomic E-state index is 0.190. The van der Waals surface area contributed by atoms with Crippen LogP contribution in [0.25, 0.3) is 0 Å². The number of methoxy groups -OCH3 is 1. The predicted molar refractivity (Wildman–Crippen MR) is 65.8 cm³/mol. The van der Waals surface area contributed by atoms with Gasteiger partial charge in [-0.3, -0.25) is 0 Å². The maximum absolute atomic E-state index is 9.57. The lowest BCUT2D eigenvalue weighted by Crippen LogP contribution is -2.13. The van der Waals surface area contributed by atoms with Crippen LogP contribution >= 0.6 is 0 Å². The molecule has 3 nitrogen and oxygen atoms in total. The molecule has 16 heavy (non-hydrogen) atoms. The normalized spacial score (nSPS) is 10.9. The second-order valence-electron chi connectivity index (χ2n) is 3.54. The van der Waals surface area contributed by atoms with E-state index in [0.717, 1.165) is 25.1 Å². The second kappa shape index (κ2) is 6.90. The van der Waals surface area contributed by atoms with Crippen LogP contribution in [0.2, 0.25) is 0 Å². The van der Waals surface area contributed by atoms with Gasteiger partial charge < -0.3 is 15.2 Å². The summed E-state index contributed by atoms with van der Waals surface area (Å²) in [6.45, 7) is 3.72. The maximum Gasteiger partial charge on any atom is 0.160 e. The maximum atomic E-state index is 9.57. The number of rotatable bonds is 6. The van der Waals surface area contributed by atoms with Gasteiger partial charge in [-0.05, 0) is 37.6 Å². The smallest absolute Gasteiger partial charge is 0.160 e. The van der Waals surface area contributed by atoms with Gasteiger partial charge in [0.05, 0.1) is 7.11 Å². The van der Waals surface area contributed by atoms with E-state index in [1.807, 2.05) is 19.1 Å². The number of aromatic hydroxyl groups is 1. The lowest BCUT2D eigenvalue weighted by molar-refractivity contribution is 0.373. The number of hydrogen-bond donors (Lipinski definition) is 2. The third kappa shape index (κ3) is 3.95. The van der Waals surface area contributed by atoms with Crippen LogP contribution in [0.4, 0.5) is 0 Å². The Bertz CT molecular complexity index is 348. The molecule has 0 unspecified atom stereocenters. The molecule has 2 N–H and O–H groups in total.